The Labute approximate surface area is 240 Å². The summed E-state index contributed by atoms with van der Waals surface area (Å²) < 4.78 is 34.2. The molecule has 1 aliphatic heterocycles. The van der Waals surface area contributed by atoms with Crippen LogP contribution >= 0.6 is 0 Å². The number of esters is 2. The summed E-state index contributed by atoms with van der Waals surface area (Å²) in [4.78, 5) is 42.6. The van der Waals surface area contributed by atoms with Crippen LogP contribution in [0.4, 0.5) is 0 Å². The fourth-order valence-electron chi connectivity index (χ4n) is 4.30. The highest BCUT2D eigenvalue weighted by atomic mass is 16.7. The van der Waals surface area contributed by atoms with Crippen molar-refractivity contribution in [2.45, 2.75) is 77.7 Å². The maximum atomic E-state index is 13.4. The summed E-state index contributed by atoms with van der Waals surface area (Å²) in [7, 11) is 1.41. The molecule has 1 fully saturated rings. The highest BCUT2D eigenvalue weighted by Crippen LogP contribution is 2.30. The number of pyridine rings is 1. The van der Waals surface area contributed by atoms with Crippen molar-refractivity contribution in [1.29, 1.82) is 0 Å². The fraction of sp³-hybridized carbons (Fsp3) is 0.533. The summed E-state index contributed by atoms with van der Waals surface area (Å²) in [5, 5.41) is 2.73. The maximum absolute atomic E-state index is 13.4. The monoisotopic (exact) mass is 572 g/mol. The average Bonchev–Trinajstić information content (AvgIpc) is 3.01. The van der Waals surface area contributed by atoms with Crippen molar-refractivity contribution in [1.82, 2.24) is 10.3 Å². The van der Waals surface area contributed by atoms with E-state index in [0.29, 0.717) is 31.6 Å². The molecule has 0 aliphatic carbocycles. The smallest absolute Gasteiger partial charge is 0.329 e. The van der Waals surface area contributed by atoms with Crippen LogP contribution in [0.15, 0.2) is 42.6 Å². The van der Waals surface area contributed by atoms with Gasteiger partial charge in [-0.2, -0.15) is 0 Å². The molecule has 0 bridgehead atoms. The SMILES string of the molecule is CCCO[C@H]1[C@H](C)OC(=O)[C@@H](NC(=O)c2nccc(OC)c2OCOC(=O)C(C)C)CCC[C@@H]1Oc1ccccc1. The third-order valence-corrected chi connectivity index (χ3v) is 6.43. The molecule has 1 saturated heterocycles. The number of hydrogen-bond acceptors (Lipinski definition) is 10. The third-order valence-electron chi connectivity index (χ3n) is 6.43. The molecule has 0 unspecified atom stereocenters. The minimum absolute atomic E-state index is 0.0155. The lowest BCUT2D eigenvalue weighted by Crippen LogP contribution is -2.46. The Balaban J connectivity index is 1.76. The van der Waals surface area contributed by atoms with Crippen LogP contribution in [-0.2, 0) is 23.8 Å². The average molecular weight is 573 g/mol. The normalized spacial score (nSPS) is 21.1. The van der Waals surface area contributed by atoms with Crippen LogP contribution in [0.3, 0.4) is 0 Å². The Morgan fingerprint density at radius 3 is 2.59 bits per heavy atom. The number of carbonyl (C=O) groups is 3. The number of methoxy groups -OCH3 is 1. The summed E-state index contributed by atoms with van der Waals surface area (Å²) in [6, 6.07) is 9.98. The molecule has 11 nitrogen and oxygen atoms in total. The molecule has 2 aromatic rings. The molecule has 0 saturated carbocycles. The summed E-state index contributed by atoms with van der Waals surface area (Å²) in [5.74, 6) is -1.17. The van der Waals surface area contributed by atoms with Gasteiger partial charge in [0.25, 0.3) is 5.91 Å². The molecule has 1 N–H and O–H groups in total. The Kier molecular flexibility index (Phi) is 12.2. The van der Waals surface area contributed by atoms with E-state index < -0.39 is 42.9 Å². The van der Waals surface area contributed by atoms with E-state index in [9.17, 15) is 14.4 Å². The van der Waals surface area contributed by atoms with Crippen LogP contribution in [0.1, 0.15) is 63.9 Å². The molecule has 11 heteroatoms. The van der Waals surface area contributed by atoms with Gasteiger partial charge in [-0.1, -0.05) is 39.0 Å². The second kappa shape index (κ2) is 15.8. The van der Waals surface area contributed by atoms with Gasteiger partial charge in [0.15, 0.2) is 17.2 Å². The number of nitrogens with zero attached hydrogens (tertiary/aromatic N) is 1. The zero-order valence-corrected chi connectivity index (χ0v) is 24.3. The number of ether oxygens (including phenoxy) is 6. The van der Waals surface area contributed by atoms with Gasteiger partial charge in [-0.25, -0.2) is 9.78 Å². The molecule has 0 spiro atoms. The van der Waals surface area contributed by atoms with Crippen LogP contribution < -0.4 is 19.5 Å². The zero-order valence-electron chi connectivity index (χ0n) is 24.3. The number of benzene rings is 1. The van der Waals surface area contributed by atoms with Gasteiger partial charge >= 0.3 is 11.9 Å². The number of cyclic esters (lactones) is 1. The largest absolute Gasteiger partial charge is 0.493 e. The van der Waals surface area contributed by atoms with Gasteiger partial charge in [0.05, 0.1) is 13.0 Å². The standard InChI is InChI=1S/C30H40N2O9/c1-6-17-37-26-20(4)40-30(35)22(13-10-14-24(26)41-21-11-8-7-9-12-21)32-28(33)25-27(23(36-5)15-16-31-25)38-18-39-29(34)19(2)3/h7-9,11-12,15-16,19-20,22,24,26H,6,10,13-14,17-18H2,1-5H3,(H,32,33)/t20-,22-,24-,26-/m0/s1. The van der Waals surface area contributed by atoms with Crippen molar-refractivity contribution >= 4 is 17.8 Å². The molecule has 0 radical (unpaired) electrons. The van der Waals surface area contributed by atoms with Crippen LogP contribution in [0.25, 0.3) is 0 Å². The molecule has 2 heterocycles. The van der Waals surface area contributed by atoms with Crippen LogP contribution in [0.2, 0.25) is 0 Å². The van der Waals surface area contributed by atoms with Gasteiger partial charge in [-0.15, -0.1) is 0 Å². The minimum atomic E-state index is -0.952. The van der Waals surface area contributed by atoms with E-state index in [2.05, 4.69) is 10.3 Å². The predicted octanol–water partition coefficient (Wildman–Crippen LogP) is 4.08. The number of rotatable bonds is 12. The Hall–Kier alpha value is -3.86. The lowest BCUT2D eigenvalue weighted by Gasteiger charge is -2.31. The van der Waals surface area contributed by atoms with Crippen LogP contribution in [-0.4, -0.2) is 67.7 Å². The van der Waals surface area contributed by atoms with Gasteiger partial charge in [0.2, 0.25) is 6.79 Å². The van der Waals surface area contributed by atoms with Crippen LogP contribution in [0, 0.1) is 5.92 Å². The quantitative estimate of drug-likeness (QED) is 0.293. The number of carbonyl (C=O) groups excluding carboxylic acids is 3. The van der Waals surface area contributed by atoms with E-state index in [-0.39, 0.29) is 29.2 Å². The van der Waals surface area contributed by atoms with E-state index in [4.69, 9.17) is 28.4 Å². The fourth-order valence-corrected chi connectivity index (χ4v) is 4.30. The molecule has 1 aromatic heterocycles. The first-order valence-electron chi connectivity index (χ1n) is 13.9. The van der Waals surface area contributed by atoms with Gasteiger partial charge < -0.3 is 33.7 Å². The van der Waals surface area contributed by atoms with Crippen molar-refractivity contribution in [2.24, 2.45) is 5.92 Å². The Morgan fingerprint density at radius 1 is 1.15 bits per heavy atom. The second-order valence-electron chi connectivity index (χ2n) is 9.97. The summed E-state index contributed by atoms with van der Waals surface area (Å²) in [6.45, 7) is 7.19. The van der Waals surface area contributed by atoms with Gasteiger partial charge in [0.1, 0.15) is 30.1 Å². The van der Waals surface area contributed by atoms with Crippen molar-refractivity contribution in [2.75, 3.05) is 20.5 Å². The third kappa shape index (κ3) is 9.07. The molecule has 1 amide bonds. The lowest BCUT2D eigenvalue weighted by atomic mass is 10.0. The molecule has 1 aromatic carbocycles. The number of para-hydroxylation sites is 1. The van der Waals surface area contributed by atoms with E-state index in [1.807, 2.05) is 37.3 Å². The Bertz CT molecular complexity index is 1140. The molecule has 41 heavy (non-hydrogen) atoms. The minimum Gasteiger partial charge on any atom is -0.493 e. The number of amides is 1. The zero-order chi connectivity index (χ0) is 29.8. The summed E-state index contributed by atoms with van der Waals surface area (Å²) in [5.41, 5.74) is -0.125. The highest BCUT2D eigenvalue weighted by Gasteiger charge is 2.36. The van der Waals surface area contributed by atoms with E-state index >= 15 is 0 Å². The van der Waals surface area contributed by atoms with Gasteiger partial charge in [-0.05, 0) is 44.7 Å². The van der Waals surface area contributed by atoms with Crippen molar-refractivity contribution < 1.29 is 42.8 Å². The summed E-state index contributed by atoms with van der Waals surface area (Å²) in [6.07, 6.45) is 2.11. The lowest BCUT2D eigenvalue weighted by molar-refractivity contribution is -0.163. The Morgan fingerprint density at radius 2 is 1.90 bits per heavy atom. The molecule has 1 aliphatic rings. The first-order valence-corrected chi connectivity index (χ1v) is 13.9. The van der Waals surface area contributed by atoms with Crippen molar-refractivity contribution in [3.63, 3.8) is 0 Å². The van der Waals surface area contributed by atoms with Gasteiger partial charge in [-0.3, -0.25) is 9.59 Å². The van der Waals surface area contributed by atoms with Crippen molar-refractivity contribution in [3.8, 4) is 17.2 Å². The molecule has 3 rings (SSSR count). The topological polar surface area (TPSA) is 132 Å². The van der Waals surface area contributed by atoms with Gasteiger partial charge in [0, 0.05) is 18.9 Å². The second-order valence-corrected chi connectivity index (χ2v) is 9.97. The van der Waals surface area contributed by atoms with Crippen molar-refractivity contribution in [3.05, 3.63) is 48.3 Å². The summed E-state index contributed by atoms with van der Waals surface area (Å²) >= 11 is 0. The first-order chi connectivity index (χ1) is 19.7. The van der Waals surface area contributed by atoms with E-state index in [1.165, 1.54) is 19.4 Å². The molecule has 224 valence electrons. The molecular weight excluding hydrogens is 532 g/mol. The molecule has 4 atom stereocenters. The predicted molar refractivity (Wildman–Crippen MR) is 149 cm³/mol. The first kappa shape index (κ1) is 31.7. The van der Waals surface area contributed by atoms with E-state index in [0.717, 1.165) is 6.42 Å². The van der Waals surface area contributed by atoms with E-state index in [1.54, 1.807) is 20.8 Å². The maximum Gasteiger partial charge on any atom is 0.329 e. The number of nitrogens with one attached hydrogen (secondary N) is 1. The molecular formula is C30H40N2O9. The number of aromatic nitrogens is 1. The number of hydrogen-bond donors (Lipinski definition) is 1. The van der Waals surface area contributed by atoms with Crippen LogP contribution in [0.5, 0.6) is 17.2 Å². The highest BCUT2D eigenvalue weighted by molar-refractivity contribution is 5.98.